The minimum absolute atomic E-state index is 0.202. The third kappa shape index (κ3) is 4.24. The monoisotopic (exact) mass is 452 g/mol. The van der Waals surface area contributed by atoms with Gasteiger partial charge in [0.15, 0.2) is 6.04 Å². The van der Waals surface area contributed by atoms with Crippen molar-refractivity contribution in [2.45, 2.75) is 26.1 Å². The van der Waals surface area contributed by atoms with Gasteiger partial charge in [0.05, 0.1) is 31.4 Å². The molecule has 0 amide bonds. The van der Waals surface area contributed by atoms with Gasteiger partial charge in [-0.15, -0.1) is 11.3 Å². The highest BCUT2D eigenvalue weighted by Crippen LogP contribution is 2.35. The Morgan fingerprint density at radius 3 is 2.62 bits per heavy atom. The van der Waals surface area contributed by atoms with E-state index in [4.69, 9.17) is 19.2 Å². The summed E-state index contributed by atoms with van der Waals surface area (Å²) in [4.78, 5) is 33.2. The van der Waals surface area contributed by atoms with Crippen molar-refractivity contribution in [3.8, 4) is 22.1 Å². The number of carbonyl (C=O) groups excluding carboxylic acids is 2. The Morgan fingerprint density at radius 2 is 1.94 bits per heavy atom. The van der Waals surface area contributed by atoms with Crippen molar-refractivity contribution in [1.29, 1.82) is 0 Å². The number of aromatic nitrogens is 1. The van der Waals surface area contributed by atoms with Gasteiger partial charge in [-0.05, 0) is 13.0 Å². The Kier molecular flexibility index (Phi) is 6.53. The Morgan fingerprint density at radius 1 is 1.16 bits per heavy atom. The third-order valence-corrected chi connectivity index (χ3v) is 6.45. The van der Waals surface area contributed by atoms with Gasteiger partial charge < -0.3 is 14.2 Å². The summed E-state index contributed by atoms with van der Waals surface area (Å²) in [6, 6.07) is 14.2. The number of benzene rings is 2. The highest BCUT2D eigenvalue weighted by Gasteiger charge is 2.42. The van der Waals surface area contributed by atoms with Gasteiger partial charge in [0.25, 0.3) is 0 Å². The molecule has 2 aromatic carbocycles. The molecule has 1 aromatic heterocycles. The van der Waals surface area contributed by atoms with Crippen LogP contribution < -0.4 is 9.47 Å². The van der Waals surface area contributed by atoms with Crippen LogP contribution in [0.25, 0.3) is 10.6 Å². The van der Waals surface area contributed by atoms with E-state index in [1.165, 1.54) is 11.3 Å². The molecule has 0 bridgehead atoms. The molecular formula is C24H24N2O5S. The van der Waals surface area contributed by atoms with Crippen LogP contribution in [0.1, 0.15) is 27.9 Å². The van der Waals surface area contributed by atoms with Gasteiger partial charge in [0.1, 0.15) is 16.5 Å². The van der Waals surface area contributed by atoms with E-state index in [0.29, 0.717) is 35.2 Å². The zero-order chi connectivity index (χ0) is 22.7. The smallest absolute Gasteiger partial charge is 0.331 e. The van der Waals surface area contributed by atoms with Crippen LogP contribution in [0.2, 0.25) is 0 Å². The Hall–Kier alpha value is -3.23. The summed E-state index contributed by atoms with van der Waals surface area (Å²) < 4.78 is 16.0. The number of nitrogens with zero attached hydrogens (tertiary/aromatic N) is 2. The maximum Gasteiger partial charge on any atom is 0.331 e. The van der Waals surface area contributed by atoms with Crippen LogP contribution in [0.4, 0.5) is 0 Å². The number of ether oxygens (including phenoxy) is 3. The van der Waals surface area contributed by atoms with Crippen LogP contribution >= 0.6 is 11.3 Å². The summed E-state index contributed by atoms with van der Waals surface area (Å²) >= 11 is 1.32. The molecule has 1 atom stereocenters. The quantitative estimate of drug-likeness (QED) is 0.397. The summed E-state index contributed by atoms with van der Waals surface area (Å²) in [7, 11) is 3.16. The number of carbonyl (C=O) groups is 2. The minimum atomic E-state index is -1.03. The van der Waals surface area contributed by atoms with Gasteiger partial charge >= 0.3 is 5.97 Å². The molecule has 0 aliphatic carbocycles. The summed E-state index contributed by atoms with van der Waals surface area (Å²) in [6.07, 6.45) is 0. The summed E-state index contributed by atoms with van der Waals surface area (Å²) in [5, 5.41) is 0.760. The van der Waals surface area contributed by atoms with E-state index in [1.54, 1.807) is 32.1 Å². The molecule has 0 saturated carbocycles. The lowest BCUT2D eigenvalue weighted by Gasteiger charge is -2.32. The molecule has 3 aromatic rings. The van der Waals surface area contributed by atoms with E-state index in [2.05, 4.69) is 0 Å². The maximum absolute atomic E-state index is 13.4. The molecule has 2 heterocycles. The summed E-state index contributed by atoms with van der Waals surface area (Å²) in [6.45, 7) is 2.60. The standard InChI is InChI=1S/C24H24N2O5S/c1-4-31-24(28)20-21(27)22-18(25-23(32-22)15-8-6-5-7-9-15)14-26(20)13-16-10-11-17(29-2)12-19(16)30-3/h5-12,20H,4,13-14H2,1-3H3. The molecule has 8 heteroatoms. The van der Waals surface area contributed by atoms with Crippen molar-refractivity contribution in [2.24, 2.45) is 0 Å². The van der Waals surface area contributed by atoms with Crippen molar-refractivity contribution >= 4 is 23.1 Å². The predicted molar refractivity (Wildman–Crippen MR) is 121 cm³/mol. The fraction of sp³-hybridized carbons (Fsp3) is 0.292. The van der Waals surface area contributed by atoms with E-state index >= 15 is 0 Å². The van der Waals surface area contributed by atoms with Crippen LogP contribution in [0.5, 0.6) is 11.5 Å². The molecule has 0 N–H and O–H groups in total. The first kappa shape index (κ1) is 22.0. The molecule has 1 aliphatic rings. The van der Waals surface area contributed by atoms with Gasteiger partial charge in [0.2, 0.25) is 5.78 Å². The number of thiazole rings is 1. The number of hydrogen-bond acceptors (Lipinski definition) is 8. The zero-order valence-electron chi connectivity index (χ0n) is 18.2. The van der Waals surface area contributed by atoms with Crippen LogP contribution in [0.3, 0.4) is 0 Å². The van der Waals surface area contributed by atoms with Gasteiger partial charge in [-0.3, -0.25) is 9.69 Å². The van der Waals surface area contributed by atoms with Crippen LogP contribution in [0.15, 0.2) is 48.5 Å². The first-order chi connectivity index (χ1) is 15.5. The SMILES string of the molecule is CCOC(=O)C1C(=O)c2sc(-c3ccccc3)nc2CN1Cc1ccc(OC)cc1OC. The van der Waals surface area contributed by atoms with Gasteiger partial charge in [0, 0.05) is 30.3 Å². The molecule has 0 radical (unpaired) electrons. The summed E-state index contributed by atoms with van der Waals surface area (Å²) in [5.41, 5.74) is 2.44. The van der Waals surface area contributed by atoms with Gasteiger partial charge in [-0.1, -0.05) is 36.4 Å². The minimum Gasteiger partial charge on any atom is -0.497 e. The number of hydrogen-bond donors (Lipinski definition) is 0. The van der Waals surface area contributed by atoms with Crippen molar-refractivity contribution in [2.75, 3.05) is 20.8 Å². The largest absolute Gasteiger partial charge is 0.497 e. The molecule has 32 heavy (non-hydrogen) atoms. The molecule has 4 rings (SSSR count). The molecule has 0 spiro atoms. The molecule has 7 nitrogen and oxygen atoms in total. The highest BCUT2D eigenvalue weighted by atomic mass is 32.1. The van der Waals surface area contributed by atoms with Crippen LogP contribution in [-0.2, 0) is 22.6 Å². The fourth-order valence-corrected chi connectivity index (χ4v) is 4.80. The number of fused-ring (bicyclic) bond motifs is 1. The molecule has 0 fully saturated rings. The molecule has 0 saturated heterocycles. The van der Waals surface area contributed by atoms with Gasteiger partial charge in [-0.2, -0.15) is 0 Å². The Labute approximate surface area is 190 Å². The topological polar surface area (TPSA) is 78.0 Å². The molecule has 1 aliphatic heterocycles. The van der Waals surface area contributed by atoms with E-state index in [1.807, 2.05) is 42.5 Å². The lowest BCUT2D eigenvalue weighted by molar-refractivity contribution is -0.148. The highest BCUT2D eigenvalue weighted by molar-refractivity contribution is 7.17. The van der Waals surface area contributed by atoms with E-state index in [9.17, 15) is 9.59 Å². The fourth-order valence-electron chi connectivity index (χ4n) is 3.76. The normalized spacial score (nSPS) is 15.8. The summed E-state index contributed by atoms with van der Waals surface area (Å²) in [5.74, 6) is 0.451. The van der Waals surface area contributed by atoms with E-state index in [0.717, 1.165) is 16.1 Å². The van der Waals surface area contributed by atoms with Crippen molar-refractivity contribution in [3.63, 3.8) is 0 Å². The zero-order valence-corrected chi connectivity index (χ0v) is 19.0. The predicted octanol–water partition coefficient (Wildman–Crippen LogP) is 3.96. The van der Waals surface area contributed by atoms with Crippen LogP contribution in [0, 0.1) is 0 Å². The number of Topliss-reactive ketones (excluding diaryl/α,β-unsaturated/α-hetero) is 1. The van der Waals surface area contributed by atoms with Gasteiger partial charge in [-0.25, -0.2) is 9.78 Å². The number of rotatable bonds is 7. The lowest BCUT2D eigenvalue weighted by Crippen LogP contribution is -2.49. The molecule has 166 valence electrons. The second-order valence-corrected chi connectivity index (χ2v) is 8.26. The van der Waals surface area contributed by atoms with Crippen molar-refractivity contribution < 1.29 is 23.8 Å². The Balaban J connectivity index is 1.71. The first-order valence-corrected chi connectivity index (χ1v) is 11.1. The average Bonchev–Trinajstić information content (AvgIpc) is 3.25. The third-order valence-electron chi connectivity index (χ3n) is 5.29. The van der Waals surface area contributed by atoms with Crippen LogP contribution in [-0.4, -0.2) is 48.5 Å². The second-order valence-electron chi connectivity index (χ2n) is 7.26. The number of methoxy groups -OCH3 is 2. The van der Waals surface area contributed by atoms with E-state index < -0.39 is 12.0 Å². The first-order valence-electron chi connectivity index (χ1n) is 10.3. The number of esters is 1. The molecular weight excluding hydrogens is 428 g/mol. The Bertz CT molecular complexity index is 1130. The second kappa shape index (κ2) is 9.50. The van der Waals surface area contributed by atoms with Crippen molar-refractivity contribution in [1.82, 2.24) is 9.88 Å². The maximum atomic E-state index is 13.4. The average molecular weight is 453 g/mol. The van der Waals surface area contributed by atoms with Crippen molar-refractivity contribution in [3.05, 3.63) is 64.7 Å². The molecule has 1 unspecified atom stereocenters. The number of ketones is 1. The lowest BCUT2D eigenvalue weighted by atomic mass is 10.0. The van der Waals surface area contributed by atoms with E-state index in [-0.39, 0.29) is 12.4 Å².